The number of hydrogen-bond donors (Lipinski definition) is 1. The lowest BCUT2D eigenvalue weighted by molar-refractivity contribution is -0.136. The monoisotopic (exact) mass is 343 g/mol. The Bertz CT molecular complexity index is 594. The third-order valence-electron chi connectivity index (χ3n) is 3.05. The van der Waals surface area contributed by atoms with E-state index in [0.717, 1.165) is 23.6 Å². The van der Waals surface area contributed by atoms with Gasteiger partial charge in [0.05, 0.1) is 5.56 Å². The van der Waals surface area contributed by atoms with Crippen molar-refractivity contribution >= 4 is 21.6 Å². The van der Waals surface area contributed by atoms with Crippen molar-refractivity contribution in [3.05, 3.63) is 63.6 Å². The molecule has 106 valence electrons. The highest BCUT2D eigenvalue weighted by Crippen LogP contribution is 2.36. The van der Waals surface area contributed by atoms with E-state index in [2.05, 4.69) is 15.9 Å². The van der Waals surface area contributed by atoms with Crippen LogP contribution in [0.5, 0.6) is 0 Å². The number of anilines is 1. The highest BCUT2D eigenvalue weighted by atomic mass is 79.9. The van der Waals surface area contributed by atoms with E-state index in [-0.39, 0.29) is 5.69 Å². The van der Waals surface area contributed by atoms with Crippen molar-refractivity contribution in [1.82, 2.24) is 0 Å². The minimum Gasteiger partial charge on any atom is -0.398 e. The first kappa shape index (κ1) is 14.9. The van der Waals surface area contributed by atoms with Gasteiger partial charge in [0.2, 0.25) is 0 Å². The molecule has 0 saturated heterocycles. The largest absolute Gasteiger partial charge is 0.418 e. The number of benzene rings is 2. The Hall–Kier alpha value is -1.49. The van der Waals surface area contributed by atoms with Gasteiger partial charge in [0.15, 0.2) is 0 Å². The van der Waals surface area contributed by atoms with Crippen molar-refractivity contribution in [2.75, 3.05) is 5.73 Å². The van der Waals surface area contributed by atoms with Crippen LogP contribution in [0.15, 0.2) is 46.9 Å². The highest BCUT2D eigenvalue weighted by Gasteiger charge is 2.33. The molecule has 0 aliphatic carbocycles. The van der Waals surface area contributed by atoms with E-state index in [4.69, 9.17) is 5.73 Å². The molecule has 0 spiro atoms. The fourth-order valence-electron chi connectivity index (χ4n) is 2.00. The average molecular weight is 344 g/mol. The summed E-state index contributed by atoms with van der Waals surface area (Å²) in [6.07, 6.45) is -3.04. The predicted octanol–water partition coefficient (Wildman–Crippen LogP) is 4.84. The number of nitrogens with two attached hydrogens (primary N) is 1. The zero-order chi connectivity index (χ0) is 14.8. The molecule has 0 saturated carbocycles. The van der Waals surface area contributed by atoms with E-state index in [9.17, 15) is 13.2 Å². The zero-order valence-corrected chi connectivity index (χ0v) is 12.1. The van der Waals surface area contributed by atoms with Crippen molar-refractivity contribution in [2.45, 2.75) is 19.0 Å². The molecule has 0 fully saturated rings. The molecule has 0 aromatic heterocycles. The molecule has 0 unspecified atom stereocenters. The molecular formula is C15H13BrF3N. The van der Waals surface area contributed by atoms with E-state index in [1.54, 1.807) is 0 Å². The lowest BCUT2D eigenvalue weighted by Gasteiger charge is -2.13. The summed E-state index contributed by atoms with van der Waals surface area (Å²) in [4.78, 5) is 0. The fourth-order valence-corrected chi connectivity index (χ4v) is 2.54. The lowest BCUT2D eigenvalue weighted by Crippen LogP contribution is -2.10. The number of nitrogen functional groups attached to an aromatic ring is 1. The van der Waals surface area contributed by atoms with Crippen molar-refractivity contribution in [3.8, 4) is 0 Å². The van der Waals surface area contributed by atoms with Gasteiger partial charge in [-0.3, -0.25) is 0 Å². The number of halogens is 4. The molecule has 2 aromatic carbocycles. The third-order valence-corrected chi connectivity index (χ3v) is 3.79. The topological polar surface area (TPSA) is 26.0 Å². The fraction of sp³-hybridized carbons (Fsp3) is 0.200. The molecule has 20 heavy (non-hydrogen) atoms. The maximum atomic E-state index is 12.7. The number of hydrogen-bond acceptors (Lipinski definition) is 1. The molecule has 1 nitrogen and oxygen atoms in total. The average Bonchev–Trinajstić information content (AvgIpc) is 2.39. The summed E-state index contributed by atoms with van der Waals surface area (Å²) in [6.45, 7) is 0. The van der Waals surface area contributed by atoms with Crippen molar-refractivity contribution in [2.24, 2.45) is 0 Å². The minimum absolute atomic E-state index is 0.233. The van der Waals surface area contributed by atoms with Crippen LogP contribution in [-0.4, -0.2) is 0 Å². The van der Waals surface area contributed by atoms with E-state index in [0.29, 0.717) is 10.9 Å². The first-order chi connectivity index (χ1) is 9.38. The van der Waals surface area contributed by atoms with Gasteiger partial charge < -0.3 is 5.73 Å². The summed E-state index contributed by atoms with van der Waals surface area (Å²) in [5.41, 5.74) is 6.39. The van der Waals surface area contributed by atoms with Gasteiger partial charge in [-0.25, -0.2) is 0 Å². The third kappa shape index (κ3) is 3.54. The lowest BCUT2D eigenvalue weighted by atomic mass is 10.0. The molecule has 0 aliphatic heterocycles. The minimum atomic E-state index is -4.43. The smallest absolute Gasteiger partial charge is 0.398 e. The molecule has 0 amide bonds. The number of rotatable bonds is 3. The maximum absolute atomic E-state index is 12.7. The van der Waals surface area contributed by atoms with E-state index in [1.165, 1.54) is 6.07 Å². The van der Waals surface area contributed by atoms with Gasteiger partial charge in [0.25, 0.3) is 0 Å². The normalized spacial score (nSPS) is 11.6. The van der Waals surface area contributed by atoms with Crippen LogP contribution in [0.1, 0.15) is 16.7 Å². The van der Waals surface area contributed by atoms with Crippen molar-refractivity contribution in [3.63, 3.8) is 0 Å². The van der Waals surface area contributed by atoms with Gasteiger partial charge in [-0.2, -0.15) is 13.2 Å². The van der Waals surface area contributed by atoms with Gasteiger partial charge >= 0.3 is 6.18 Å². The van der Waals surface area contributed by atoms with E-state index in [1.807, 2.05) is 30.3 Å². The summed E-state index contributed by atoms with van der Waals surface area (Å²) in [6, 6.07) is 12.2. The SMILES string of the molecule is Nc1cc(CCc2ccccc2)c(Br)cc1C(F)(F)F. The summed E-state index contributed by atoms with van der Waals surface area (Å²) >= 11 is 3.19. The van der Waals surface area contributed by atoms with Crippen LogP contribution in [0, 0.1) is 0 Å². The molecule has 0 aliphatic rings. The van der Waals surface area contributed by atoms with E-state index < -0.39 is 11.7 Å². The summed E-state index contributed by atoms with van der Waals surface area (Å²) < 4.78 is 38.6. The van der Waals surface area contributed by atoms with Crippen LogP contribution in [0.4, 0.5) is 18.9 Å². The van der Waals surface area contributed by atoms with Crippen LogP contribution in [0.2, 0.25) is 0 Å². The standard InChI is InChI=1S/C15H13BrF3N/c16-13-9-12(15(17,18)19)14(20)8-11(13)7-6-10-4-2-1-3-5-10/h1-5,8-9H,6-7,20H2. The van der Waals surface area contributed by atoms with Crippen LogP contribution < -0.4 is 5.73 Å². The second kappa shape index (κ2) is 5.87. The maximum Gasteiger partial charge on any atom is 0.418 e. The van der Waals surface area contributed by atoms with Crippen molar-refractivity contribution in [1.29, 1.82) is 0 Å². The van der Waals surface area contributed by atoms with Crippen LogP contribution in [0.25, 0.3) is 0 Å². The Kier molecular flexibility index (Phi) is 4.38. The predicted molar refractivity (Wildman–Crippen MR) is 77.4 cm³/mol. The molecule has 2 aromatic rings. The molecule has 2 N–H and O–H groups in total. The Morgan fingerprint density at radius 3 is 2.25 bits per heavy atom. The van der Waals surface area contributed by atoms with E-state index >= 15 is 0 Å². The molecular weight excluding hydrogens is 331 g/mol. The molecule has 0 radical (unpaired) electrons. The van der Waals surface area contributed by atoms with Crippen LogP contribution in [0.3, 0.4) is 0 Å². The van der Waals surface area contributed by atoms with Crippen molar-refractivity contribution < 1.29 is 13.2 Å². The second-order valence-electron chi connectivity index (χ2n) is 4.51. The van der Waals surface area contributed by atoms with Gasteiger partial charge in [-0.1, -0.05) is 46.3 Å². The molecule has 0 bridgehead atoms. The number of aryl methyl sites for hydroxylation is 2. The Balaban J connectivity index is 2.20. The summed E-state index contributed by atoms with van der Waals surface area (Å²) in [5, 5.41) is 0. The molecule has 0 heterocycles. The molecule has 0 atom stereocenters. The highest BCUT2D eigenvalue weighted by molar-refractivity contribution is 9.10. The van der Waals surface area contributed by atoms with Gasteiger partial charge in [0, 0.05) is 10.2 Å². The number of alkyl halides is 3. The summed E-state index contributed by atoms with van der Waals surface area (Å²) in [7, 11) is 0. The van der Waals surface area contributed by atoms with Gasteiger partial charge in [0.1, 0.15) is 0 Å². The van der Waals surface area contributed by atoms with Gasteiger partial charge in [-0.05, 0) is 36.1 Å². The van der Waals surface area contributed by atoms with Crippen LogP contribution in [-0.2, 0) is 19.0 Å². The Morgan fingerprint density at radius 1 is 1.00 bits per heavy atom. The Morgan fingerprint density at radius 2 is 1.65 bits per heavy atom. The van der Waals surface area contributed by atoms with Crippen LogP contribution >= 0.6 is 15.9 Å². The molecule has 5 heteroatoms. The second-order valence-corrected chi connectivity index (χ2v) is 5.37. The summed E-state index contributed by atoms with van der Waals surface area (Å²) in [5.74, 6) is 0. The quantitative estimate of drug-likeness (QED) is 0.793. The first-order valence-electron chi connectivity index (χ1n) is 6.07. The van der Waals surface area contributed by atoms with Gasteiger partial charge in [-0.15, -0.1) is 0 Å². The zero-order valence-electron chi connectivity index (χ0n) is 10.5. The molecule has 2 rings (SSSR count). The first-order valence-corrected chi connectivity index (χ1v) is 6.86. The Labute approximate surface area is 123 Å².